The van der Waals surface area contributed by atoms with Crippen molar-refractivity contribution in [3.63, 3.8) is 0 Å². The first kappa shape index (κ1) is 14.9. The Bertz CT molecular complexity index is 962. The molecule has 0 saturated carbocycles. The molecule has 2 N–H and O–H groups in total. The van der Waals surface area contributed by atoms with Gasteiger partial charge in [0.1, 0.15) is 11.5 Å². The number of hydrogen-bond donors (Lipinski definition) is 2. The number of nitrogens with one attached hydrogen (secondary N) is 2. The number of nitrogens with zero attached hydrogens (tertiary/aromatic N) is 1. The van der Waals surface area contributed by atoms with E-state index in [-0.39, 0.29) is 11.6 Å². The number of carbonyl (C=O) groups is 1. The Hall–Kier alpha value is -3.61. The fourth-order valence-corrected chi connectivity index (χ4v) is 2.76. The number of non-ortho nitro benzene ring substituents is 1. The first-order valence-corrected chi connectivity index (χ1v) is 7.63. The van der Waals surface area contributed by atoms with E-state index in [9.17, 15) is 14.9 Å². The minimum Gasteiger partial charge on any atom is -0.457 e. The van der Waals surface area contributed by atoms with E-state index >= 15 is 0 Å². The van der Waals surface area contributed by atoms with Crippen LogP contribution in [0.5, 0.6) is 0 Å². The summed E-state index contributed by atoms with van der Waals surface area (Å²) in [5, 5.41) is 16.8. The second-order valence-corrected chi connectivity index (χ2v) is 5.60. The molecule has 0 bridgehead atoms. The molecule has 1 atom stereocenters. The number of benzene rings is 2. The smallest absolute Gasteiger partial charge is 0.269 e. The van der Waals surface area contributed by atoms with Crippen molar-refractivity contribution < 1.29 is 14.1 Å². The number of nitro benzene ring substituents is 1. The lowest BCUT2D eigenvalue weighted by Crippen LogP contribution is -2.38. The van der Waals surface area contributed by atoms with E-state index in [0.717, 1.165) is 11.3 Å². The average molecular weight is 335 g/mol. The second kappa shape index (κ2) is 5.79. The molecule has 1 aliphatic rings. The molecule has 124 valence electrons. The predicted octanol–water partition coefficient (Wildman–Crippen LogP) is 3.71. The molecule has 2 heterocycles. The molecule has 1 aromatic heterocycles. The Balaban J connectivity index is 1.60. The molecule has 3 aromatic rings. The molecule has 7 heteroatoms. The molecule has 0 saturated heterocycles. The summed E-state index contributed by atoms with van der Waals surface area (Å²) in [5.41, 5.74) is 2.07. The van der Waals surface area contributed by atoms with Gasteiger partial charge < -0.3 is 15.1 Å². The maximum Gasteiger partial charge on any atom is 0.269 e. The van der Waals surface area contributed by atoms with Crippen LogP contribution in [0.1, 0.15) is 22.3 Å². The number of anilines is 1. The number of para-hydroxylation sites is 1. The van der Waals surface area contributed by atoms with Gasteiger partial charge in [-0.05, 0) is 36.4 Å². The van der Waals surface area contributed by atoms with Crippen LogP contribution in [0, 0.1) is 10.1 Å². The molecule has 0 radical (unpaired) electrons. The molecule has 1 aliphatic heterocycles. The summed E-state index contributed by atoms with van der Waals surface area (Å²) < 4.78 is 5.83. The zero-order chi connectivity index (χ0) is 17.4. The minimum absolute atomic E-state index is 0.0216. The number of furan rings is 1. The van der Waals surface area contributed by atoms with Crippen LogP contribution in [0.3, 0.4) is 0 Å². The quantitative estimate of drug-likeness (QED) is 0.562. The van der Waals surface area contributed by atoms with Crippen molar-refractivity contribution >= 4 is 17.3 Å². The Morgan fingerprint density at radius 3 is 2.48 bits per heavy atom. The van der Waals surface area contributed by atoms with E-state index in [4.69, 9.17) is 4.42 Å². The van der Waals surface area contributed by atoms with E-state index in [2.05, 4.69) is 10.6 Å². The van der Waals surface area contributed by atoms with Gasteiger partial charge in [0.2, 0.25) is 0 Å². The van der Waals surface area contributed by atoms with Crippen LogP contribution in [0.15, 0.2) is 65.1 Å². The van der Waals surface area contributed by atoms with Crippen molar-refractivity contribution in [2.45, 2.75) is 6.17 Å². The van der Waals surface area contributed by atoms with Crippen LogP contribution in [0.2, 0.25) is 0 Å². The van der Waals surface area contributed by atoms with E-state index in [1.807, 2.05) is 12.1 Å². The molecule has 2 aromatic carbocycles. The van der Waals surface area contributed by atoms with Gasteiger partial charge in [0.25, 0.3) is 11.6 Å². The highest BCUT2D eigenvalue weighted by molar-refractivity contribution is 6.01. The van der Waals surface area contributed by atoms with Gasteiger partial charge in [0, 0.05) is 23.4 Å². The highest BCUT2D eigenvalue weighted by atomic mass is 16.6. The molecular weight excluding hydrogens is 322 g/mol. The summed E-state index contributed by atoms with van der Waals surface area (Å²) in [6.07, 6.45) is -0.478. The number of nitro groups is 1. The van der Waals surface area contributed by atoms with Crippen molar-refractivity contribution in [3.8, 4) is 11.3 Å². The minimum atomic E-state index is -0.478. The zero-order valence-electron chi connectivity index (χ0n) is 12.9. The lowest BCUT2D eigenvalue weighted by atomic mass is 10.1. The van der Waals surface area contributed by atoms with E-state index in [1.165, 1.54) is 12.1 Å². The first-order valence-electron chi connectivity index (χ1n) is 7.63. The second-order valence-electron chi connectivity index (χ2n) is 5.60. The molecule has 1 amide bonds. The van der Waals surface area contributed by atoms with Crippen molar-refractivity contribution in [1.82, 2.24) is 5.32 Å². The highest BCUT2D eigenvalue weighted by Crippen LogP contribution is 2.30. The van der Waals surface area contributed by atoms with Gasteiger partial charge in [-0.2, -0.15) is 0 Å². The lowest BCUT2D eigenvalue weighted by Gasteiger charge is -2.26. The summed E-state index contributed by atoms with van der Waals surface area (Å²) in [5.74, 6) is 0.948. The summed E-state index contributed by atoms with van der Waals surface area (Å²) in [6, 6.07) is 16.9. The third-order valence-electron chi connectivity index (χ3n) is 4.02. The maximum atomic E-state index is 12.2. The standard InChI is InChI=1S/C18H13N3O4/c22-18-13-3-1-2-4-14(13)19-17(20-18)16-10-9-15(25-16)11-5-7-12(8-6-11)21(23)24/h1-10,17,19H,(H,20,22). The normalized spacial score (nSPS) is 15.8. The monoisotopic (exact) mass is 335 g/mol. The summed E-state index contributed by atoms with van der Waals surface area (Å²) in [7, 11) is 0. The van der Waals surface area contributed by atoms with Crippen LogP contribution in [0.25, 0.3) is 11.3 Å². The Labute approximate surface area is 142 Å². The third-order valence-corrected chi connectivity index (χ3v) is 4.02. The molecule has 0 fully saturated rings. The molecule has 4 rings (SSSR count). The largest absolute Gasteiger partial charge is 0.457 e. The number of amides is 1. The van der Waals surface area contributed by atoms with Gasteiger partial charge in [-0.1, -0.05) is 12.1 Å². The van der Waals surface area contributed by atoms with E-state index in [0.29, 0.717) is 17.1 Å². The van der Waals surface area contributed by atoms with Crippen LogP contribution in [-0.2, 0) is 0 Å². The van der Waals surface area contributed by atoms with Crippen LogP contribution in [0.4, 0.5) is 11.4 Å². The zero-order valence-corrected chi connectivity index (χ0v) is 12.9. The van der Waals surface area contributed by atoms with Crippen molar-refractivity contribution in [2.75, 3.05) is 5.32 Å². The van der Waals surface area contributed by atoms with Gasteiger partial charge in [0.15, 0.2) is 6.17 Å². The van der Waals surface area contributed by atoms with E-state index in [1.54, 1.807) is 36.4 Å². The molecular formula is C18H13N3O4. The molecule has 7 nitrogen and oxygen atoms in total. The molecule has 0 aliphatic carbocycles. The maximum absolute atomic E-state index is 12.2. The number of carbonyl (C=O) groups excluding carboxylic acids is 1. The van der Waals surface area contributed by atoms with Crippen molar-refractivity contribution in [2.24, 2.45) is 0 Å². The van der Waals surface area contributed by atoms with Gasteiger partial charge in [-0.25, -0.2) is 0 Å². The summed E-state index contributed by atoms with van der Waals surface area (Å²) >= 11 is 0. The topological polar surface area (TPSA) is 97.4 Å². The number of fused-ring (bicyclic) bond motifs is 1. The van der Waals surface area contributed by atoms with Gasteiger partial charge >= 0.3 is 0 Å². The highest BCUT2D eigenvalue weighted by Gasteiger charge is 2.26. The summed E-state index contributed by atoms with van der Waals surface area (Å²) in [4.78, 5) is 22.5. The van der Waals surface area contributed by atoms with Gasteiger partial charge in [-0.3, -0.25) is 14.9 Å². The molecule has 1 unspecified atom stereocenters. The van der Waals surface area contributed by atoms with E-state index < -0.39 is 11.1 Å². The molecule has 0 spiro atoms. The van der Waals surface area contributed by atoms with Crippen LogP contribution in [-0.4, -0.2) is 10.8 Å². The Morgan fingerprint density at radius 2 is 1.72 bits per heavy atom. The van der Waals surface area contributed by atoms with Gasteiger partial charge in [-0.15, -0.1) is 0 Å². The molecule has 25 heavy (non-hydrogen) atoms. The predicted molar refractivity (Wildman–Crippen MR) is 91.1 cm³/mol. The van der Waals surface area contributed by atoms with Crippen molar-refractivity contribution in [3.05, 3.63) is 82.1 Å². The van der Waals surface area contributed by atoms with Crippen LogP contribution < -0.4 is 10.6 Å². The SMILES string of the molecule is O=C1NC(c2ccc(-c3ccc([N+](=O)[O-])cc3)o2)Nc2ccccc21. The average Bonchev–Trinajstić information content (AvgIpc) is 3.12. The first-order chi connectivity index (χ1) is 12.1. The van der Waals surface area contributed by atoms with Gasteiger partial charge in [0.05, 0.1) is 10.5 Å². The summed E-state index contributed by atoms with van der Waals surface area (Å²) in [6.45, 7) is 0. The Morgan fingerprint density at radius 1 is 0.960 bits per heavy atom. The fourth-order valence-electron chi connectivity index (χ4n) is 2.76. The fraction of sp³-hybridized carbons (Fsp3) is 0.0556. The van der Waals surface area contributed by atoms with Crippen LogP contribution >= 0.6 is 0 Å². The third kappa shape index (κ3) is 2.72. The lowest BCUT2D eigenvalue weighted by molar-refractivity contribution is -0.384. The Kier molecular flexibility index (Phi) is 3.46. The number of rotatable bonds is 3. The van der Waals surface area contributed by atoms with Crippen molar-refractivity contribution in [1.29, 1.82) is 0 Å². The number of hydrogen-bond acceptors (Lipinski definition) is 5.